The lowest BCUT2D eigenvalue weighted by molar-refractivity contribution is 0.306. The van der Waals surface area contributed by atoms with Gasteiger partial charge in [-0.2, -0.15) is 0 Å². The molecular formula is C14H14Cl2N2O. The summed E-state index contributed by atoms with van der Waals surface area (Å²) < 4.78 is 5.69. The van der Waals surface area contributed by atoms with Crippen LogP contribution in [-0.2, 0) is 6.61 Å². The van der Waals surface area contributed by atoms with Gasteiger partial charge in [-0.15, -0.1) is 0 Å². The predicted molar refractivity (Wildman–Crippen MR) is 79.2 cm³/mol. The van der Waals surface area contributed by atoms with Crippen LogP contribution in [0.15, 0.2) is 36.5 Å². The van der Waals surface area contributed by atoms with E-state index in [-0.39, 0.29) is 0 Å². The van der Waals surface area contributed by atoms with Crippen molar-refractivity contribution in [3.63, 3.8) is 0 Å². The van der Waals surface area contributed by atoms with E-state index in [0.717, 1.165) is 17.9 Å². The van der Waals surface area contributed by atoms with Crippen LogP contribution >= 0.6 is 23.2 Å². The molecule has 0 amide bonds. The topological polar surface area (TPSA) is 34.2 Å². The molecule has 0 atom stereocenters. The number of halogens is 2. The standard InChI is InChI=1S/C14H14Cl2N2O/c1-2-17-14-10(5-4-8-18-14)9-19-12-7-3-6-11(15)13(12)16/h3-8H,2,9H2,1H3,(H,17,18). The molecule has 1 aromatic heterocycles. The summed E-state index contributed by atoms with van der Waals surface area (Å²) in [7, 11) is 0. The number of pyridine rings is 1. The van der Waals surface area contributed by atoms with Crippen molar-refractivity contribution < 1.29 is 4.74 Å². The molecule has 0 saturated carbocycles. The Bertz CT molecular complexity index is 561. The molecule has 0 aliphatic rings. The van der Waals surface area contributed by atoms with E-state index in [4.69, 9.17) is 27.9 Å². The Hall–Kier alpha value is -1.45. The van der Waals surface area contributed by atoms with Gasteiger partial charge in [-0.05, 0) is 25.1 Å². The zero-order valence-corrected chi connectivity index (χ0v) is 12.0. The molecule has 5 heteroatoms. The molecule has 0 aliphatic heterocycles. The van der Waals surface area contributed by atoms with Crippen LogP contribution in [0.5, 0.6) is 5.75 Å². The van der Waals surface area contributed by atoms with E-state index in [9.17, 15) is 0 Å². The summed E-state index contributed by atoms with van der Waals surface area (Å²) in [4.78, 5) is 4.27. The van der Waals surface area contributed by atoms with Gasteiger partial charge in [0.2, 0.25) is 0 Å². The molecule has 0 spiro atoms. The maximum Gasteiger partial charge on any atom is 0.139 e. The second-order valence-electron chi connectivity index (χ2n) is 3.88. The minimum Gasteiger partial charge on any atom is -0.487 e. The van der Waals surface area contributed by atoms with Gasteiger partial charge in [0, 0.05) is 18.3 Å². The highest BCUT2D eigenvalue weighted by Crippen LogP contribution is 2.32. The Labute approximate surface area is 122 Å². The predicted octanol–water partition coefficient (Wildman–Crippen LogP) is 4.40. The van der Waals surface area contributed by atoms with E-state index in [1.807, 2.05) is 19.1 Å². The van der Waals surface area contributed by atoms with Crippen molar-refractivity contribution in [3.8, 4) is 5.75 Å². The number of aromatic nitrogens is 1. The molecule has 0 bridgehead atoms. The van der Waals surface area contributed by atoms with Crippen molar-refractivity contribution in [1.82, 2.24) is 4.98 Å². The van der Waals surface area contributed by atoms with Crippen LogP contribution in [0.1, 0.15) is 12.5 Å². The van der Waals surface area contributed by atoms with Gasteiger partial charge in [-0.25, -0.2) is 4.98 Å². The third-order valence-electron chi connectivity index (χ3n) is 2.53. The van der Waals surface area contributed by atoms with Gasteiger partial charge >= 0.3 is 0 Å². The molecule has 3 nitrogen and oxygen atoms in total. The maximum absolute atomic E-state index is 6.07. The number of nitrogens with one attached hydrogen (secondary N) is 1. The summed E-state index contributed by atoms with van der Waals surface area (Å²) in [5, 5.41) is 4.10. The number of nitrogens with zero attached hydrogens (tertiary/aromatic N) is 1. The first-order chi connectivity index (χ1) is 9.22. The van der Waals surface area contributed by atoms with Crippen molar-refractivity contribution in [2.24, 2.45) is 0 Å². The van der Waals surface area contributed by atoms with Crippen LogP contribution in [0.4, 0.5) is 5.82 Å². The molecule has 0 radical (unpaired) electrons. The number of hydrogen-bond donors (Lipinski definition) is 1. The second-order valence-corrected chi connectivity index (χ2v) is 4.67. The van der Waals surface area contributed by atoms with Gasteiger partial charge < -0.3 is 10.1 Å². The van der Waals surface area contributed by atoms with E-state index in [0.29, 0.717) is 22.4 Å². The van der Waals surface area contributed by atoms with Crippen LogP contribution in [0.25, 0.3) is 0 Å². The monoisotopic (exact) mass is 296 g/mol. The maximum atomic E-state index is 6.07. The summed E-state index contributed by atoms with van der Waals surface area (Å²) in [5.41, 5.74) is 0.973. The molecule has 2 aromatic rings. The van der Waals surface area contributed by atoms with E-state index in [1.54, 1.807) is 24.4 Å². The van der Waals surface area contributed by atoms with Gasteiger partial charge in [-0.1, -0.05) is 35.3 Å². The molecule has 0 fully saturated rings. The van der Waals surface area contributed by atoms with E-state index in [2.05, 4.69) is 10.3 Å². The number of hydrogen-bond acceptors (Lipinski definition) is 3. The molecule has 19 heavy (non-hydrogen) atoms. The van der Waals surface area contributed by atoms with Crippen molar-refractivity contribution in [2.75, 3.05) is 11.9 Å². The molecule has 2 rings (SSSR count). The lowest BCUT2D eigenvalue weighted by atomic mass is 10.2. The Morgan fingerprint density at radius 2 is 2.05 bits per heavy atom. The molecule has 0 aliphatic carbocycles. The van der Waals surface area contributed by atoms with Gasteiger partial charge in [-0.3, -0.25) is 0 Å². The first-order valence-corrected chi connectivity index (χ1v) is 6.72. The van der Waals surface area contributed by atoms with Gasteiger partial charge in [0.15, 0.2) is 0 Å². The third kappa shape index (κ3) is 3.52. The summed E-state index contributed by atoms with van der Waals surface area (Å²) in [6.07, 6.45) is 1.74. The molecule has 1 heterocycles. The fourth-order valence-electron chi connectivity index (χ4n) is 1.63. The fourth-order valence-corrected chi connectivity index (χ4v) is 1.98. The summed E-state index contributed by atoms with van der Waals surface area (Å²) >= 11 is 12.0. The quantitative estimate of drug-likeness (QED) is 0.888. The fraction of sp³-hybridized carbons (Fsp3) is 0.214. The first-order valence-electron chi connectivity index (χ1n) is 5.97. The zero-order valence-electron chi connectivity index (χ0n) is 10.5. The highest BCUT2D eigenvalue weighted by molar-refractivity contribution is 6.42. The highest BCUT2D eigenvalue weighted by Gasteiger charge is 2.07. The van der Waals surface area contributed by atoms with Crippen molar-refractivity contribution in [1.29, 1.82) is 0 Å². The zero-order chi connectivity index (χ0) is 13.7. The number of ether oxygens (including phenoxy) is 1. The van der Waals surface area contributed by atoms with E-state index >= 15 is 0 Å². The summed E-state index contributed by atoms with van der Waals surface area (Å²) in [6, 6.07) is 9.16. The number of benzene rings is 1. The smallest absolute Gasteiger partial charge is 0.139 e. The molecular weight excluding hydrogens is 283 g/mol. The van der Waals surface area contributed by atoms with Crippen LogP contribution in [0, 0.1) is 0 Å². The molecule has 1 N–H and O–H groups in total. The average molecular weight is 297 g/mol. The molecule has 1 aromatic carbocycles. The van der Waals surface area contributed by atoms with Crippen LogP contribution < -0.4 is 10.1 Å². The minimum atomic E-state index is 0.385. The summed E-state index contributed by atoms with van der Waals surface area (Å²) in [5.74, 6) is 1.39. The SMILES string of the molecule is CCNc1ncccc1COc1cccc(Cl)c1Cl. The van der Waals surface area contributed by atoms with Crippen molar-refractivity contribution in [3.05, 3.63) is 52.1 Å². The molecule has 0 unspecified atom stereocenters. The Morgan fingerprint density at radius 3 is 2.84 bits per heavy atom. The van der Waals surface area contributed by atoms with Crippen LogP contribution in [0.3, 0.4) is 0 Å². The number of rotatable bonds is 5. The van der Waals surface area contributed by atoms with Crippen molar-refractivity contribution >= 4 is 29.0 Å². The van der Waals surface area contributed by atoms with Gasteiger partial charge in [0.1, 0.15) is 23.2 Å². The minimum absolute atomic E-state index is 0.385. The van der Waals surface area contributed by atoms with Crippen molar-refractivity contribution in [2.45, 2.75) is 13.5 Å². The lowest BCUT2D eigenvalue weighted by Crippen LogP contribution is -2.05. The Morgan fingerprint density at radius 1 is 1.21 bits per heavy atom. The van der Waals surface area contributed by atoms with Crippen LogP contribution in [-0.4, -0.2) is 11.5 Å². The van der Waals surface area contributed by atoms with Gasteiger partial charge in [0.25, 0.3) is 0 Å². The Balaban J connectivity index is 2.12. The third-order valence-corrected chi connectivity index (χ3v) is 3.34. The molecule has 0 saturated heterocycles. The van der Waals surface area contributed by atoms with E-state index < -0.39 is 0 Å². The van der Waals surface area contributed by atoms with E-state index in [1.165, 1.54) is 0 Å². The largest absolute Gasteiger partial charge is 0.487 e. The first kappa shape index (κ1) is 14.0. The Kier molecular flexibility index (Phi) is 4.88. The highest BCUT2D eigenvalue weighted by atomic mass is 35.5. The summed E-state index contributed by atoms with van der Waals surface area (Å²) in [6.45, 7) is 3.21. The average Bonchev–Trinajstić information content (AvgIpc) is 2.42. The van der Waals surface area contributed by atoms with Crippen LogP contribution in [0.2, 0.25) is 10.0 Å². The molecule has 100 valence electrons. The van der Waals surface area contributed by atoms with Gasteiger partial charge in [0.05, 0.1) is 5.02 Å². The normalized spacial score (nSPS) is 10.3. The number of anilines is 1. The lowest BCUT2D eigenvalue weighted by Gasteiger charge is -2.12. The second kappa shape index (κ2) is 6.64.